The topological polar surface area (TPSA) is 88.3 Å². The summed E-state index contributed by atoms with van der Waals surface area (Å²) in [6.07, 6.45) is -0.601. The van der Waals surface area contributed by atoms with Crippen LogP contribution >= 0.6 is 0 Å². The molecule has 0 spiro atoms. The molecule has 8 nitrogen and oxygen atoms in total. The van der Waals surface area contributed by atoms with Gasteiger partial charge in [0.05, 0.1) is 4.92 Å². The smallest absolute Gasteiger partial charge is 0.269 e. The standard InChI is InChI=1S/C25H27N3O5/c29-22(19-32-23-10-12-25(13-11-23)33-24-4-2-1-3-5-24)18-26-14-16-27(17-15-26)20-6-8-21(9-7-20)28(30)31/h1-13,22,29H,14-19H2. The number of piperazine rings is 1. The lowest BCUT2D eigenvalue weighted by Crippen LogP contribution is -2.49. The van der Waals surface area contributed by atoms with Crippen LogP contribution in [0.1, 0.15) is 0 Å². The number of aliphatic hydroxyl groups is 1. The molecule has 1 atom stereocenters. The van der Waals surface area contributed by atoms with Gasteiger partial charge in [-0.3, -0.25) is 15.0 Å². The number of non-ortho nitro benzene ring substituents is 1. The average Bonchev–Trinajstić information content (AvgIpc) is 2.85. The van der Waals surface area contributed by atoms with Crippen LogP contribution in [-0.4, -0.2) is 60.4 Å². The number of para-hydroxylation sites is 1. The summed E-state index contributed by atoms with van der Waals surface area (Å²) < 4.78 is 11.5. The van der Waals surface area contributed by atoms with E-state index in [2.05, 4.69) is 9.80 Å². The Hall–Kier alpha value is -3.62. The number of ether oxygens (including phenoxy) is 2. The molecule has 0 bridgehead atoms. The van der Waals surface area contributed by atoms with E-state index in [4.69, 9.17) is 9.47 Å². The van der Waals surface area contributed by atoms with E-state index in [-0.39, 0.29) is 12.3 Å². The maximum atomic E-state index is 10.8. The van der Waals surface area contributed by atoms with E-state index < -0.39 is 11.0 Å². The lowest BCUT2D eigenvalue weighted by molar-refractivity contribution is -0.384. The molecule has 0 radical (unpaired) electrons. The first-order valence-electron chi connectivity index (χ1n) is 10.9. The van der Waals surface area contributed by atoms with E-state index in [9.17, 15) is 15.2 Å². The fraction of sp³-hybridized carbons (Fsp3) is 0.280. The average molecular weight is 450 g/mol. The predicted octanol–water partition coefficient (Wildman–Crippen LogP) is 3.95. The van der Waals surface area contributed by atoms with Crippen molar-refractivity contribution in [2.24, 2.45) is 0 Å². The van der Waals surface area contributed by atoms with E-state index >= 15 is 0 Å². The third kappa shape index (κ3) is 6.44. The maximum absolute atomic E-state index is 10.8. The van der Waals surface area contributed by atoms with Crippen LogP contribution in [0.2, 0.25) is 0 Å². The Morgan fingerprint density at radius 1 is 0.848 bits per heavy atom. The molecule has 1 heterocycles. The lowest BCUT2D eigenvalue weighted by atomic mass is 10.2. The van der Waals surface area contributed by atoms with Crippen LogP contribution in [0.4, 0.5) is 11.4 Å². The summed E-state index contributed by atoms with van der Waals surface area (Å²) in [6.45, 7) is 3.95. The summed E-state index contributed by atoms with van der Waals surface area (Å²) in [5.41, 5.74) is 1.07. The molecule has 3 aromatic carbocycles. The largest absolute Gasteiger partial charge is 0.491 e. The second kappa shape index (κ2) is 10.8. The van der Waals surface area contributed by atoms with Crippen molar-refractivity contribution in [1.29, 1.82) is 0 Å². The minimum atomic E-state index is -0.601. The Kier molecular flexibility index (Phi) is 7.39. The minimum absolute atomic E-state index is 0.0962. The van der Waals surface area contributed by atoms with Gasteiger partial charge >= 0.3 is 0 Å². The van der Waals surface area contributed by atoms with Gasteiger partial charge in [-0.1, -0.05) is 18.2 Å². The fourth-order valence-corrected chi connectivity index (χ4v) is 3.75. The van der Waals surface area contributed by atoms with Crippen molar-refractivity contribution in [3.63, 3.8) is 0 Å². The summed E-state index contributed by atoms with van der Waals surface area (Å²) in [5, 5.41) is 21.2. The van der Waals surface area contributed by atoms with Crippen molar-refractivity contribution >= 4 is 11.4 Å². The highest BCUT2D eigenvalue weighted by Gasteiger charge is 2.20. The summed E-state index contributed by atoms with van der Waals surface area (Å²) in [7, 11) is 0. The molecule has 1 aliphatic rings. The van der Waals surface area contributed by atoms with Gasteiger partial charge in [-0.15, -0.1) is 0 Å². The van der Waals surface area contributed by atoms with E-state index in [1.165, 1.54) is 12.1 Å². The molecular weight excluding hydrogens is 422 g/mol. The van der Waals surface area contributed by atoms with Crippen molar-refractivity contribution < 1.29 is 19.5 Å². The Labute approximate surface area is 192 Å². The van der Waals surface area contributed by atoms with Crippen LogP contribution in [-0.2, 0) is 0 Å². The summed E-state index contributed by atoms with van der Waals surface area (Å²) in [6, 6.07) is 23.5. The van der Waals surface area contributed by atoms with Gasteiger partial charge in [0, 0.05) is 50.5 Å². The fourth-order valence-electron chi connectivity index (χ4n) is 3.75. The second-order valence-electron chi connectivity index (χ2n) is 7.91. The van der Waals surface area contributed by atoms with Crippen LogP contribution in [0.5, 0.6) is 17.2 Å². The predicted molar refractivity (Wildman–Crippen MR) is 126 cm³/mol. The molecule has 1 saturated heterocycles. The van der Waals surface area contributed by atoms with E-state index in [1.54, 1.807) is 12.1 Å². The molecule has 0 aliphatic carbocycles. The number of rotatable bonds is 9. The monoisotopic (exact) mass is 449 g/mol. The van der Waals surface area contributed by atoms with Crippen LogP contribution in [0, 0.1) is 10.1 Å². The van der Waals surface area contributed by atoms with E-state index in [0.717, 1.165) is 43.4 Å². The molecule has 33 heavy (non-hydrogen) atoms. The number of hydrogen-bond donors (Lipinski definition) is 1. The molecule has 4 rings (SSSR count). The normalized spacial score (nSPS) is 15.1. The zero-order valence-electron chi connectivity index (χ0n) is 18.2. The Morgan fingerprint density at radius 3 is 2.09 bits per heavy atom. The molecule has 8 heteroatoms. The van der Waals surface area contributed by atoms with Gasteiger partial charge in [0.1, 0.15) is 30.0 Å². The zero-order chi connectivity index (χ0) is 23.0. The molecule has 1 unspecified atom stereocenters. The molecule has 1 N–H and O–H groups in total. The van der Waals surface area contributed by atoms with Gasteiger partial charge in [-0.25, -0.2) is 0 Å². The van der Waals surface area contributed by atoms with Crippen molar-refractivity contribution in [1.82, 2.24) is 4.90 Å². The Morgan fingerprint density at radius 2 is 1.45 bits per heavy atom. The molecule has 0 amide bonds. The number of benzene rings is 3. The first-order chi connectivity index (χ1) is 16.1. The highest BCUT2D eigenvalue weighted by molar-refractivity contribution is 5.51. The number of hydrogen-bond acceptors (Lipinski definition) is 7. The summed E-state index contributed by atoms with van der Waals surface area (Å²) in [4.78, 5) is 14.8. The van der Waals surface area contributed by atoms with Crippen molar-refractivity contribution in [3.05, 3.63) is 89.0 Å². The number of aliphatic hydroxyl groups excluding tert-OH is 1. The minimum Gasteiger partial charge on any atom is -0.491 e. The zero-order valence-corrected chi connectivity index (χ0v) is 18.2. The van der Waals surface area contributed by atoms with Gasteiger partial charge in [-0.2, -0.15) is 0 Å². The first kappa shape index (κ1) is 22.6. The number of nitrogens with zero attached hydrogens (tertiary/aromatic N) is 3. The van der Waals surface area contributed by atoms with Gasteiger partial charge in [0.25, 0.3) is 5.69 Å². The molecule has 1 aliphatic heterocycles. The number of anilines is 1. The van der Waals surface area contributed by atoms with Gasteiger partial charge in [-0.05, 0) is 48.5 Å². The summed E-state index contributed by atoms with van der Waals surface area (Å²) in [5.74, 6) is 2.17. The van der Waals surface area contributed by atoms with Gasteiger partial charge < -0.3 is 19.5 Å². The lowest BCUT2D eigenvalue weighted by Gasteiger charge is -2.36. The quantitative estimate of drug-likeness (QED) is 0.391. The van der Waals surface area contributed by atoms with Crippen LogP contribution < -0.4 is 14.4 Å². The molecular formula is C25H27N3O5. The third-order valence-electron chi connectivity index (χ3n) is 5.51. The Bertz CT molecular complexity index is 1020. The second-order valence-corrected chi connectivity index (χ2v) is 7.91. The molecule has 1 fully saturated rings. The molecule has 0 aromatic heterocycles. The molecule has 3 aromatic rings. The van der Waals surface area contributed by atoms with Crippen molar-refractivity contribution in [3.8, 4) is 17.2 Å². The van der Waals surface area contributed by atoms with Crippen LogP contribution in [0.25, 0.3) is 0 Å². The SMILES string of the molecule is O=[N+]([O-])c1ccc(N2CCN(CC(O)COc3ccc(Oc4ccccc4)cc3)CC2)cc1. The highest BCUT2D eigenvalue weighted by atomic mass is 16.6. The number of β-amino-alcohol motifs (C(OH)–C–C–N with tert-alkyl or cyclic N) is 1. The summed E-state index contributed by atoms with van der Waals surface area (Å²) >= 11 is 0. The highest BCUT2D eigenvalue weighted by Crippen LogP contribution is 2.24. The van der Waals surface area contributed by atoms with Crippen molar-refractivity contribution in [2.45, 2.75) is 6.10 Å². The maximum Gasteiger partial charge on any atom is 0.269 e. The van der Waals surface area contributed by atoms with E-state index in [1.807, 2.05) is 54.6 Å². The van der Waals surface area contributed by atoms with Crippen LogP contribution in [0.3, 0.4) is 0 Å². The number of nitro groups is 1. The third-order valence-corrected chi connectivity index (χ3v) is 5.51. The number of nitro benzene ring substituents is 1. The first-order valence-corrected chi connectivity index (χ1v) is 10.9. The molecule has 172 valence electrons. The van der Waals surface area contributed by atoms with Gasteiger partial charge in [0.15, 0.2) is 0 Å². The Balaban J connectivity index is 1.18. The molecule has 0 saturated carbocycles. The van der Waals surface area contributed by atoms with Crippen LogP contribution in [0.15, 0.2) is 78.9 Å². The van der Waals surface area contributed by atoms with E-state index in [0.29, 0.717) is 12.3 Å². The van der Waals surface area contributed by atoms with Gasteiger partial charge in [0.2, 0.25) is 0 Å². The van der Waals surface area contributed by atoms with Crippen molar-refractivity contribution in [2.75, 3.05) is 44.2 Å².